The molecule has 1 aromatic heterocycles. The number of hydrogen-bond acceptors (Lipinski definition) is 4. The first-order valence-electron chi connectivity index (χ1n) is 5.15. The van der Waals surface area contributed by atoms with Gasteiger partial charge in [0.2, 0.25) is 0 Å². The van der Waals surface area contributed by atoms with Gasteiger partial charge < -0.3 is 5.32 Å². The van der Waals surface area contributed by atoms with Crippen LogP contribution < -0.4 is 5.32 Å². The zero-order valence-electron chi connectivity index (χ0n) is 9.65. The summed E-state index contributed by atoms with van der Waals surface area (Å²) in [7, 11) is 1.71. The van der Waals surface area contributed by atoms with Crippen molar-refractivity contribution in [3.63, 3.8) is 0 Å². The van der Waals surface area contributed by atoms with Gasteiger partial charge in [0.05, 0.1) is 11.1 Å². The molecule has 0 fully saturated rings. The average Bonchev–Trinajstić information content (AvgIpc) is 2.75. The Balaban J connectivity index is 2.59. The molecule has 96 valence electrons. The molecule has 0 aliphatic heterocycles. The zero-order chi connectivity index (χ0) is 13.3. The monoisotopic (exact) mass is 273 g/mol. The van der Waals surface area contributed by atoms with Gasteiger partial charge in [-0.1, -0.05) is 11.6 Å². The Morgan fingerprint density at radius 3 is 2.72 bits per heavy atom. The van der Waals surface area contributed by atoms with Crippen molar-refractivity contribution in [3.05, 3.63) is 34.6 Å². The van der Waals surface area contributed by atoms with Gasteiger partial charge in [0.15, 0.2) is 11.6 Å². The molecule has 1 atom stereocenters. The first kappa shape index (κ1) is 12.8. The van der Waals surface area contributed by atoms with Gasteiger partial charge in [0.1, 0.15) is 11.5 Å². The fourth-order valence-corrected chi connectivity index (χ4v) is 1.76. The fraction of sp³-hybridized carbons (Fsp3) is 0.300. The van der Waals surface area contributed by atoms with E-state index in [1.54, 1.807) is 14.0 Å². The molecule has 1 unspecified atom stereocenters. The van der Waals surface area contributed by atoms with Crippen LogP contribution in [0.4, 0.5) is 8.78 Å². The lowest BCUT2D eigenvalue weighted by Crippen LogP contribution is -2.18. The molecule has 1 N–H and O–H groups in total. The summed E-state index contributed by atoms with van der Waals surface area (Å²) in [5, 5.41) is 13.8. The highest BCUT2D eigenvalue weighted by molar-refractivity contribution is 6.32. The summed E-state index contributed by atoms with van der Waals surface area (Å²) in [6.07, 6.45) is 0. The minimum Gasteiger partial charge on any atom is -0.311 e. The number of hydrogen-bond donors (Lipinski definition) is 1. The molecule has 18 heavy (non-hydrogen) atoms. The third-order valence-electron chi connectivity index (χ3n) is 2.51. The highest BCUT2D eigenvalue weighted by atomic mass is 35.5. The second-order valence-electron chi connectivity index (χ2n) is 3.68. The summed E-state index contributed by atoms with van der Waals surface area (Å²) in [6, 6.07) is 1.53. The van der Waals surface area contributed by atoms with Crippen LogP contribution in [-0.2, 0) is 0 Å². The van der Waals surface area contributed by atoms with E-state index in [1.165, 1.54) is 0 Å². The van der Waals surface area contributed by atoms with Gasteiger partial charge in [-0.25, -0.2) is 8.78 Å². The summed E-state index contributed by atoms with van der Waals surface area (Å²) in [5.41, 5.74) is -0.0693. The van der Waals surface area contributed by atoms with Crippen LogP contribution in [0.5, 0.6) is 0 Å². The molecule has 0 saturated carbocycles. The van der Waals surface area contributed by atoms with Crippen molar-refractivity contribution in [1.82, 2.24) is 25.5 Å². The number of nitrogens with one attached hydrogen (secondary N) is 1. The quantitative estimate of drug-likeness (QED) is 0.928. The summed E-state index contributed by atoms with van der Waals surface area (Å²) < 4.78 is 27.9. The van der Waals surface area contributed by atoms with Crippen molar-refractivity contribution in [2.24, 2.45) is 0 Å². The highest BCUT2D eigenvalue weighted by Crippen LogP contribution is 2.26. The minimum absolute atomic E-state index is 0.0693. The lowest BCUT2D eigenvalue weighted by atomic mass is 10.2. The van der Waals surface area contributed by atoms with Crippen LogP contribution in [0.1, 0.15) is 18.8 Å². The number of halogens is 3. The lowest BCUT2D eigenvalue weighted by molar-refractivity contribution is 0.553. The summed E-state index contributed by atoms with van der Waals surface area (Å²) in [6.45, 7) is 1.80. The minimum atomic E-state index is -0.822. The second kappa shape index (κ2) is 4.95. The van der Waals surface area contributed by atoms with E-state index >= 15 is 0 Å². The van der Waals surface area contributed by atoms with Crippen molar-refractivity contribution >= 4 is 11.6 Å². The van der Waals surface area contributed by atoms with Gasteiger partial charge in [0, 0.05) is 6.07 Å². The van der Waals surface area contributed by atoms with Gasteiger partial charge >= 0.3 is 0 Å². The fourth-order valence-electron chi connectivity index (χ4n) is 1.49. The van der Waals surface area contributed by atoms with E-state index in [0.29, 0.717) is 5.82 Å². The van der Waals surface area contributed by atoms with Gasteiger partial charge in [-0.15, -0.1) is 5.10 Å². The Hall–Kier alpha value is -1.60. The number of rotatable bonds is 3. The maximum absolute atomic E-state index is 13.8. The number of tetrazole rings is 1. The third kappa shape index (κ3) is 2.19. The summed E-state index contributed by atoms with van der Waals surface area (Å²) in [4.78, 5) is 0. The largest absolute Gasteiger partial charge is 0.311 e. The number of aromatic nitrogens is 4. The van der Waals surface area contributed by atoms with E-state index in [9.17, 15) is 8.78 Å². The van der Waals surface area contributed by atoms with Crippen molar-refractivity contribution < 1.29 is 8.78 Å². The van der Waals surface area contributed by atoms with E-state index in [4.69, 9.17) is 11.6 Å². The summed E-state index contributed by atoms with van der Waals surface area (Å²) >= 11 is 5.83. The van der Waals surface area contributed by atoms with Crippen molar-refractivity contribution in [3.8, 4) is 5.69 Å². The standard InChI is InChI=1S/C10H10ClF2N5/c1-5(14-2)10-15-16-17-18(10)9-7(11)3-6(12)4-8(9)13/h3-5,14H,1-2H3. The molecule has 0 saturated heterocycles. The predicted octanol–water partition coefficient (Wildman–Crippen LogP) is 1.87. The molecular formula is C10H10ClF2N5. The van der Waals surface area contributed by atoms with Gasteiger partial charge in [-0.3, -0.25) is 0 Å². The van der Waals surface area contributed by atoms with Crippen LogP contribution in [0.25, 0.3) is 5.69 Å². The van der Waals surface area contributed by atoms with Crippen LogP contribution in [0.3, 0.4) is 0 Å². The third-order valence-corrected chi connectivity index (χ3v) is 2.80. The Morgan fingerprint density at radius 2 is 2.11 bits per heavy atom. The Labute approximate surface area is 107 Å². The van der Waals surface area contributed by atoms with Crippen molar-refractivity contribution in [2.45, 2.75) is 13.0 Å². The van der Waals surface area contributed by atoms with Gasteiger partial charge in [-0.2, -0.15) is 4.68 Å². The van der Waals surface area contributed by atoms with Crippen LogP contribution in [-0.4, -0.2) is 27.3 Å². The lowest BCUT2D eigenvalue weighted by Gasteiger charge is -2.12. The molecule has 0 aliphatic carbocycles. The van der Waals surface area contributed by atoms with Crippen LogP contribution >= 0.6 is 11.6 Å². The zero-order valence-corrected chi connectivity index (χ0v) is 10.4. The predicted molar refractivity (Wildman–Crippen MR) is 61.6 cm³/mol. The van der Waals surface area contributed by atoms with E-state index in [2.05, 4.69) is 20.8 Å². The molecule has 1 heterocycles. The van der Waals surface area contributed by atoms with E-state index < -0.39 is 11.6 Å². The van der Waals surface area contributed by atoms with E-state index in [-0.39, 0.29) is 16.8 Å². The van der Waals surface area contributed by atoms with Crippen LogP contribution in [0, 0.1) is 11.6 Å². The SMILES string of the molecule is CNC(C)c1nnnn1-c1c(F)cc(F)cc1Cl. The maximum Gasteiger partial charge on any atom is 0.173 e. The molecule has 5 nitrogen and oxygen atoms in total. The van der Waals surface area contributed by atoms with E-state index in [1.807, 2.05) is 0 Å². The smallest absolute Gasteiger partial charge is 0.173 e. The maximum atomic E-state index is 13.8. The second-order valence-corrected chi connectivity index (χ2v) is 4.08. The van der Waals surface area contributed by atoms with Crippen molar-refractivity contribution in [1.29, 1.82) is 0 Å². The normalized spacial score (nSPS) is 12.7. The molecule has 0 bridgehead atoms. The van der Waals surface area contributed by atoms with Crippen LogP contribution in [0.2, 0.25) is 5.02 Å². The van der Waals surface area contributed by atoms with E-state index in [0.717, 1.165) is 16.8 Å². The van der Waals surface area contributed by atoms with Gasteiger partial charge in [0.25, 0.3) is 0 Å². The summed E-state index contributed by atoms with van der Waals surface area (Å²) in [5.74, 6) is -1.20. The van der Waals surface area contributed by atoms with Crippen LogP contribution in [0.15, 0.2) is 12.1 Å². The molecule has 2 rings (SSSR count). The molecule has 2 aromatic rings. The molecule has 0 aliphatic rings. The first-order valence-corrected chi connectivity index (χ1v) is 5.53. The average molecular weight is 274 g/mol. The Bertz CT molecular complexity index is 548. The number of benzene rings is 1. The molecule has 0 radical (unpaired) electrons. The molecule has 1 aromatic carbocycles. The van der Waals surface area contributed by atoms with Crippen molar-refractivity contribution in [2.75, 3.05) is 7.05 Å². The first-order chi connectivity index (χ1) is 8.54. The topological polar surface area (TPSA) is 55.6 Å². The Morgan fingerprint density at radius 1 is 1.39 bits per heavy atom. The molecule has 0 spiro atoms. The molecule has 0 amide bonds. The molecular weight excluding hydrogens is 264 g/mol. The number of nitrogens with zero attached hydrogens (tertiary/aromatic N) is 4. The molecule has 8 heteroatoms. The highest BCUT2D eigenvalue weighted by Gasteiger charge is 2.20. The van der Waals surface area contributed by atoms with Gasteiger partial charge in [-0.05, 0) is 30.5 Å². The Kier molecular flexibility index (Phi) is 3.53.